The molecule has 0 heterocycles. The number of carboxylic acid groups (broad SMARTS) is 1. The number of likely N-dealkylation sites (N-methyl/N-ethyl adjacent to an activating group) is 1. The van der Waals surface area contributed by atoms with Crippen LogP contribution in [0, 0.1) is 0 Å². The summed E-state index contributed by atoms with van der Waals surface area (Å²) in [5.41, 5.74) is 0. The molecule has 17 heavy (non-hydrogen) atoms. The average Bonchev–Trinajstić information content (AvgIpc) is 2.22. The van der Waals surface area contributed by atoms with E-state index in [4.69, 9.17) is 9.84 Å². The van der Waals surface area contributed by atoms with Crippen LogP contribution in [0.5, 0.6) is 0 Å². The average molecular weight is 247 g/mol. The van der Waals surface area contributed by atoms with Crippen molar-refractivity contribution in [2.24, 2.45) is 0 Å². The van der Waals surface area contributed by atoms with E-state index in [2.05, 4.69) is 10.6 Å². The summed E-state index contributed by atoms with van der Waals surface area (Å²) in [6.07, 6.45) is 0. The van der Waals surface area contributed by atoms with Crippen LogP contribution in [0.1, 0.15) is 6.92 Å². The van der Waals surface area contributed by atoms with E-state index in [1.807, 2.05) is 19.0 Å². The highest BCUT2D eigenvalue weighted by atomic mass is 16.5. The molecule has 1 atom stereocenters. The largest absolute Gasteiger partial charge is 0.480 e. The lowest BCUT2D eigenvalue weighted by atomic mass is 10.3. The number of urea groups is 1. The number of ether oxygens (including phenoxy) is 1. The van der Waals surface area contributed by atoms with Crippen molar-refractivity contribution in [3.63, 3.8) is 0 Å². The number of hydrogen-bond donors (Lipinski definition) is 3. The van der Waals surface area contributed by atoms with Crippen molar-refractivity contribution in [2.75, 3.05) is 40.4 Å². The minimum Gasteiger partial charge on any atom is -0.480 e. The fourth-order valence-corrected chi connectivity index (χ4v) is 0.895. The first-order valence-corrected chi connectivity index (χ1v) is 5.43. The molecule has 0 aliphatic carbocycles. The lowest BCUT2D eigenvalue weighted by molar-refractivity contribution is -0.138. The fraction of sp³-hybridized carbons (Fsp3) is 0.800. The van der Waals surface area contributed by atoms with E-state index in [9.17, 15) is 9.59 Å². The van der Waals surface area contributed by atoms with Gasteiger partial charge in [0.2, 0.25) is 0 Å². The molecule has 0 rings (SSSR count). The van der Waals surface area contributed by atoms with Gasteiger partial charge in [-0.15, -0.1) is 0 Å². The van der Waals surface area contributed by atoms with Crippen molar-refractivity contribution in [1.82, 2.24) is 15.5 Å². The van der Waals surface area contributed by atoms with Gasteiger partial charge in [0.1, 0.15) is 6.04 Å². The van der Waals surface area contributed by atoms with Crippen molar-refractivity contribution >= 4 is 12.0 Å². The zero-order chi connectivity index (χ0) is 13.3. The molecule has 0 spiro atoms. The molecule has 0 saturated carbocycles. The highest BCUT2D eigenvalue weighted by Crippen LogP contribution is 1.81. The predicted molar refractivity (Wildman–Crippen MR) is 63.0 cm³/mol. The second-order valence-electron chi connectivity index (χ2n) is 3.88. The lowest BCUT2D eigenvalue weighted by Crippen LogP contribution is -2.45. The Hall–Kier alpha value is -1.34. The number of carbonyl (C=O) groups is 2. The maximum atomic E-state index is 11.1. The molecule has 7 heteroatoms. The molecule has 0 radical (unpaired) electrons. The Kier molecular flexibility index (Phi) is 8.08. The van der Waals surface area contributed by atoms with Gasteiger partial charge in [0.25, 0.3) is 0 Å². The van der Waals surface area contributed by atoms with Gasteiger partial charge in [-0.25, -0.2) is 4.79 Å². The van der Waals surface area contributed by atoms with Gasteiger partial charge < -0.3 is 25.4 Å². The van der Waals surface area contributed by atoms with E-state index in [-0.39, 0.29) is 0 Å². The Morgan fingerprint density at radius 2 is 2.00 bits per heavy atom. The van der Waals surface area contributed by atoms with Crippen LogP contribution in [-0.4, -0.2) is 68.4 Å². The van der Waals surface area contributed by atoms with Gasteiger partial charge in [0, 0.05) is 13.1 Å². The Balaban J connectivity index is 3.43. The van der Waals surface area contributed by atoms with Gasteiger partial charge in [-0.3, -0.25) is 4.79 Å². The van der Waals surface area contributed by atoms with Gasteiger partial charge in [0.15, 0.2) is 0 Å². The van der Waals surface area contributed by atoms with Gasteiger partial charge in [-0.1, -0.05) is 0 Å². The zero-order valence-electron chi connectivity index (χ0n) is 10.5. The van der Waals surface area contributed by atoms with Crippen LogP contribution in [0.2, 0.25) is 0 Å². The second kappa shape index (κ2) is 8.77. The van der Waals surface area contributed by atoms with Crippen molar-refractivity contribution in [2.45, 2.75) is 13.0 Å². The summed E-state index contributed by atoms with van der Waals surface area (Å²) in [6, 6.07) is -1.40. The number of carboxylic acids is 1. The predicted octanol–water partition coefficient (Wildman–Crippen LogP) is -0.663. The third-order valence-electron chi connectivity index (χ3n) is 1.93. The van der Waals surface area contributed by atoms with E-state index in [1.54, 1.807) is 0 Å². The molecule has 0 aliphatic heterocycles. The van der Waals surface area contributed by atoms with Crippen LogP contribution in [0.4, 0.5) is 4.79 Å². The van der Waals surface area contributed by atoms with E-state index in [1.165, 1.54) is 6.92 Å². The quantitative estimate of drug-likeness (QED) is 0.495. The minimum absolute atomic E-state index is 0.353. The summed E-state index contributed by atoms with van der Waals surface area (Å²) < 4.78 is 5.25. The minimum atomic E-state index is -1.07. The Morgan fingerprint density at radius 3 is 2.53 bits per heavy atom. The molecule has 1 unspecified atom stereocenters. The molecule has 0 bridgehead atoms. The second-order valence-corrected chi connectivity index (χ2v) is 3.88. The topological polar surface area (TPSA) is 90.9 Å². The van der Waals surface area contributed by atoms with Gasteiger partial charge in [0.05, 0.1) is 13.2 Å². The number of nitrogens with one attached hydrogen (secondary N) is 2. The molecule has 0 fully saturated rings. The molecule has 0 saturated heterocycles. The number of rotatable bonds is 8. The number of amides is 2. The van der Waals surface area contributed by atoms with Crippen LogP contribution < -0.4 is 10.6 Å². The van der Waals surface area contributed by atoms with Crippen LogP contribution in [0.3, 0.4) is 0 Å². The lowest BCUT2D eigenvalue weighted by Gasteiger charge is -2.12. The zero-order valence-corrected chi connectivity index (χ0v) is 10.5. The maximum absolute atomic E-state index is 11.1. The first-order valence-electron chi connectivity index (χ1n) is 5.43. The Morgan fingerprint density at radius 1 is 1.35 bits per heavy atom. The molecule has 0 aliphatic rings. The van der Waals surface area contributed by atoms with Crippen LogP contribution in [-0.2, 0) is 9.53 Å². The van der Waals surface area contributed by atoms with Crippen molar-refractivity contribution in [3.05, 3.63) is 0 Å². The highest BCUT2D eigenvalue weighted by Gasteiger charge is 2.12. The van der Waals surface area contributed by atoms with Gasteiger partial charge >= 0.3 is 12.0 Å². The van der Waals surface area contributed by atoms with Crippen LogP contribution in [0.25, 0.3) is 0 Å². The Labute approximate surface area is 101 Å². The van der Waals surface area contributed by atoms with Gasteiger partial charge in [-0.05, 0) is 21.0 Å². The summed E-state index contributed by atoms with van der Waals surface area (Å²) in [6.45, 7) is 3.58. The van der Waals surface area contributed by atoms with E-state index >= 15 is 0 Å². The molecule has 0 aromatic heterocycles. The number of hydrogen-bond acceptors (Lipinski definition) is 4. The molecule has 3 N–H and O–H groups in total. The molecule has 0 aromatic rings. The van der Waals surface area contributed by atoms with Crippen molar-refractivity contribution in [1.29, 1.82) is 0 Å². The SMILES string of the molecule is CC(NC(=O)NCCOCCN(C)C)C(=O)O. The summed E-state index contributed by atoms with van der Waals surface area (Å²) >= 11 is 0. The summed E-state index contributed by atoms with van der Waals surface area (Å²) in [4.78, 5) is 23.6. The van der Waals surface area contributed by atoms with Crippen LogP contribution >= 0.6 is 0 Å². The summed E-state index contributed by atoms with van der Waals surface area (Å²) in [5, 5.41) is 13.3. The third-order valence-corrected chi connectivity index (χ3v) is 1.93. The molecular weight excluding hydrogens is 226 g/mol. The third kappa shape index (κ3) is 9.58. The first-order chi connectivity index (χ1) is 7.93. The number of carbonyl (C=O) groups excluding carboxylic acids is 1. The highest BCUT2D eigenvalue weighted by molar-refractivity contribution is 5.82. The van der Waals surface area contributed by atoms with Crippen molar-refractivity contribution < 1.29 is 19.4 Å². The summed E-state index contributed by atoms with van der Waals surface area (Å²) in [7, 11) is 3.89. The molecular formula is C10H21N3O4. The van der Waals surface area contributed by atoms with Crippen LogP contribution in [0.15, 0.2) is 0 Å². The normalized spacial score (nSPS) is 12.2. The van der Waals surface area contributed by atoms with E-state index < -0.39 is 18.0 Å². The summed E-state index contributed by atoms with van der Waals surface area (Å²) in [5.74, 6) is -1.07. The van der Waals surface area contributed by atoms with Crippen molar-refractivity contribution in [3.8, 4) is 0 Å². The van der Waals surface area contributed by atoms with Gasteiger partial charge in [-0.2, -0.15) is 0 Å². The molecule has 0 aromatic carbocycles. The molecule has 7 nitrogen and oxygen atoms in total. The van der Waals surface area contributed by atoms with E-state index in [0.29, 0.717) is 19.8 Å². The number of nitrogens with zero attached hydrogens (tertiary/aromatic N) is 1. The fourth-order valence-electron chi connectivity index (χ4n) is 0.895. The monoisotopic (exact) mass is 247 g/mol. The smallest absolute Gasteiger partial charge is 0.325 e. The maximum Gasteiger partial charge on any atom is 0.325 e. The molecule has 2 amide bonds. The Bertz CT molecular complexity index is 246. The molecule has 100 valence electrons. The first kappa shape index (κ1) is 15.7. The standard InChI is InChI=1S/C10H21N3O4/c1-8(9(14)15)12-10(16)11-4-6-17-7-5-13(2)3/h8H,4-7H2,1-3H3,(H,14,15)(H2,11,12,16). The van der Waals surface area contributed by atoms with E-state index in [0.717, 1.165) is 6.54 Å². The number of aliphatic carboxylic acids is 1.